The van der Waals surface area contributed by atoms with E-state index in [-0.39, 0.29) is 11.6 Å². The number of nitrogens with zero attached hydrogens (tertiary/aromatic N) is 5. The number of carbonyl (C=O) groups excluding carboxylic acids is 1. The Morgan fingerprint density at radius 1 is 1.23 bits per heavy atom. The van der Waals surface area contributed by atoms with E-state index in [2.05, 4.69) is 9.97 Å². The predicted octanol–water partition coefficient (Wildman–Crippen LogP) is 0.566. The first-order valence-electron chi connectivity index (χ1n) is 7.66. The highest BCUT2D eigenvalue weighted by atomic mass is 16.5. The fourth-order valence-corrected chi connectivity index (χ4v) is 2.95. The summed E-state index contributed by atoms with van der Waals surface area (Å²) in [5.74, 6) is 0.580. The molecule has 22 heavy (non-hydrogen) atoms. The molecule has 1 unspecified atom stereocenters. The number of rotatable bonds is 2. The van der Waals surface area contributed by atoms with Crippen LogP contribution in [0.5, 0.6) is 0 Å². The third kappa shape index (κ3) is 3.02. The molecular formula is C15H19N5O2. The number of nitriles is 1. The molecule has 1 aromatic rings. The Balaban J connectivity index is 1.71. The average molecular weight is 301 g/mol. The van der Waals surface area contributed by atoms with Crippen molar-refractivity contribution >= 4 is 11.7 Å². The fraction of sp³-hybridized carbons (Fsp3) is 0.600. The second-order valence-electron chi connectivity index (χ2n) is 5.53. The molecule has 3 heterocycles. The molecule has 0 bridgehead atoms. The Kier molecular flexibility index (Phi) is 4.49. The van der Waals surface area contributed by atoms with Gasteiger partial charge in [-0.1, -0.05) is 0 Å². The van der Waals surface area contributed by atoms with Crippen LogP contribution in [0.25, 0.3) is 0 Å². The number of aromatic nitrogens is 2. The maximum Gasteiger partial charge on any atom is 0.253 e. The number of likely N-dealkylation sites (tertiary alicyclic amines) is 1. The maximum atomic E-state index is 12.6. The van der Waals surface area contributed by atoms with Crippen LogP contribution in [0.1, 0.15) is 25.0 Å². The van der Waals surface area contributed by atoms with Crippen molar-refractivity contribution in [1.82, 2.24) is 14.9 Å². The summed E-state index contributed by atoms with van der Waals surface area (Å²) in [5, 5.41) is 9.14. The molecule has 2 aliphatic heterocycles. The number of anilines is 1. The molecule has 0 radical (unpaired) electrons. The van der Waals surface area contributed by atoms with Crippen molar-refractivity contribution < 1.29 is 9.53 Å². The first-order valence-corrected chi connectivity index (χ1v) is 7.66. The van der Waals surface area contributed by atoms with Crippen LogP contribution < -0.4 is 4.90 Å². The van der Waals surface area contributed by atoms with Crippen LogP contribution >= 0.6 is 0 Å². The summed E-state index contributed by atoms with van der Waals surface area (Å²) in [6.07, 6.45) is 5.88. The van der Waals surface area contributed by atoms with Crippen LogP contribution in [0.2, 0.25) is 0 Å². The number of piperidine rings is 1. The molecule has 0 N–H and O–H groups in total. The predicted molar refractivity (Wildman–Crippen MR) is 79.1 cm³/mol. The van der Waals surface area contributed by atoms with Gasteiger partial charge < -0.3 is 14.5 Å². The smallest absolute Gasteiger partial charge is 0.253 e. The lowest BCUT2D eigenvalue weighted by molar-refractivity contribution is -0.145. The van der Waals surface area contributed by atoms with Gasteiger partial charge in [0.05, 0.1) is 13.2 Å². The minimum Gasteiger partial charge on any atom is -0.365 e. The zero-order chi connectivity index (χ0) is 15.4. The molecule has 1 aromatic heterocycles. The number of amides is 1. The summed E-state index contributed by atoms with van der Waals surface area (Å²) in [6, 6.07) is 2.05. The standard InChI is InChI=1S/C15H19N5O2/c16-10-12-14(18-5-4-17-12)20-8-9-22-13(11-20)15(21)19-6-2-1-3-7-19/h4-5,13H,1-3,6-9,11H2. The van der Waals surface area contributed by atoms with E-state index in [1.807, 2.05) is 15.9 Å². The number of carbonyl (C=O) groups is 1. The second-order valence-corrected chi connectivity index (χ2v) is 5.53. The fourth-order valence-electron chi connectivity index (χ4n) is 2.95. The van der Waals surface area contributed by atoms with Gasteiger partial charge in [0, 0.05) is 32.0 Å². The van der Waals surface area contributed by atoms with Gasteiger partial charge in [0.25, 0.3) is 5.91 Å². The van der Waals surface area contributed by atoms with E-state index in [1.54, 1.807) is 6.20 Å². The minimum atomic E-state index is -0.486. The first kappa shape index (κ1) is 14.7. The lowest BCUT2D eigenvalue weighted by Gasteiger charge is -2.36. The lowest BCUT2D eigenvalue weighted by Crippen LogP contribution is -2.52. The quantitative estimate of drug-likeness (QED) is 0.794. The second kappa shape index (κ2) is 6.71. The number of ether oxygens (including phenoxy) is 1. The van der Waals surface area contributed by atoms with Crippen LogP contribution in [-0.2, 0) is 9.53 Å². The van der Waals surface area contributed by atoms with Crippen LogP contribution in [0, 0.1) is 11.3 Å². The number of hydrogen-bond acceptors (Lipinski definition) is 6. The molecule has 3 rings (SSSR count). The Hall–Kier alpha value is -2.20. The molecule has 2 fully saturated rings. The third-order valence-corrected chi connectivity index (χ3v) is 4.09. The summed E-state index contributed by atoms with van der Waals surface area (Å²) in [4.78, 5) is 24.6. The molecule has 1 atom stereocenters. The monoisotopic (exact) mass is 301 g/mol. The summed E-state index contributed by atoms with van der Waals surface area (Å²) in [6.45, 7) is 3.10. The van der Waals surface area contributed by atoms with E-state index in [4.69, 9.17) is 10.00 Å². The van der Waals surface area contributed by atoms with Gasteiger partial charge in [-0.3, -0.25) is 4.79 Å². The Labute approximate surface area is 129 Å². The molecule has 0 aromatic carbocycles. The van der Waals surface area contributed by atoms with Crippen molar-refractivity contribution in [3.05, 3.63) is 18.1 Å². The van der Waals surface area contributed by atoms with Crippen molar-refractivity contribution in [2.45, 2.75) is 25.4 Å². The van der Waals surface area contributed by atoms with Gasteiger partial charge in [-0.2, -0.15) is 5.26 Å². The maximum absolute atomic E-state index is 12.6. The largest absolute Gasteiger partial charge is 0.365 e. The highest BCUT2D eigenvalue weighted by molar-refractivity contribution is 5.82. The van der Waals surface area contributed by atoms with Gasteiger partial charge in [-0.25, -0.2) is 9.97 Å². The average Bonchev–Trinajstić information content (AvgIpc) is 2.62. The van der Waals surface area contributed by atoms with Crippen LogP contribution in [0.4, 0.5) is 5.82 Å². The number of morpholine rings is 1. The molecule has 0 aliphatic carbocycles. The van der Waals surface area contributed by atoms with Crippen LogP contribution in [0.3, 0.4) is 0 Å². The summed E-state index contributed by atoms with van der Waals surface area (Å²) in [5.41, 5.74) is 0.286. The summed E-state index contributed by atoms with van der Waals surface area (Å²) in [7, 11) is 0. The molecule has 2 aliphatic rings. The normalized spacial score (nSPS) is 22.2. The van der Waals surface area contributed by atoms with Gasteiger partial charge in [0.1, 0.15) is 6.07 Å². The SMILES string of the molecule is N#Cc1nccnc1N1CCOC(C(=O)N2CCCCC2)C1. The highest BCUT2D eigenvalue weighted by Crippen LogP contribution is 2.19. The van der Waals surface area contributed by atoms with E-state index in [0.717, 1.165) is 25.9 Å². The minimum absolute atomic E-state index is 0.0480. The topological polar surface area (TPSA) is 82.4 Å². The van der Waals surface area contributed by atoms with Crippen molar-refractivity contribution in [3.8, 4) is 6.07 Å². The number of hydrogen-bond donors (Lipinski definition) is 0. The van der Waals surface area contributed by atoms with Gasteiger partial charge in [-0.05, 0) is 19.3 Å². The molecule has 116 valence electrons. The first-order chi connectivity index (χ1) is 10.8. The summed E-state index contributed by atoms with van der Waals surface area (Å²) < 4.78 is 5.65. The van der Waals surface area contributed by atoms with Crippen molar-refractivity contribution in [1.29, 1.82) is 5.26 Å². The van der Waals surface area contributed by atoms with E-state index in [0.29, 0.717) is 25.5 Å². The molecule has 2 saturated heterocycles. The third-order valence-electron chi connectivity index (χ3n) is 4.09. The molecule has 1 amide bonds. The van der Waals surface area contributed by atoms with Crippen molar-refractivity contribution in [2.75, 3.05) is 37.7 Å². The van der Waals surface area contributed by atoms with E-state index >= 15 is 0 Å². The highest BCUT2D eigenvalue weighted by Gasteiger charge is 2.32. The van der Waals surface area contributed by atoms with Gasteiger partial charge >= 0.3 is 0 Å². The van der Waals surface area contributed by atoms with Gasteiger partial charge in [0.2, 0.25) is 0 Å². The Bertz CT molecular complexity index is 580. The molecule has 7 nitrogen and oxygen atoms in total. The van der Waals surface area contributed by atoms with E-state index in [9.17, 15) is 4.79 Å². The lowest BCUT2D eigenvalue weighted by atomic mass is 10.1. The van der Waals surface area contributed by atoms with E-state index in [1.165, 1.54) is 12.6 Å². The molecule has 0 spiro atoms. The van der Waals surface area contributed by atoms with Gasteiger partial charge in [-0.15, -0.1) is 0 Å². The zero-order valence-electron chi connectivity index (χ0n) is 12.4. The summed E-state index contributed by atoms with van der Waals surface area (Å²) >= 11 is 0. The van der Waals surface area contributed by atoms with Crippen LogP contribution in [0.15, 0.2) is 12.4 Å². The van der Waals surface area contributed by atoms with E-state index < -0.39 is 6.10 Å². The molecular weight excluding hydrogens is 282 g/mol. The van der Waals surface area contributed by atoms with Crippen molar-refractivity contribution in [3.63, 3.8) is 0 Å². The molecule has 0 saturated carbocycles. The van der Waals surface area contributed by atoms with Crippen LogP contribution in [-0.4, -0.2) is 59.7 Å². The van der Waals surface area contributed by atoms with Crippen molar-refractivity contribution in [2.24, 2.45) is 0 Å². The Morgan fingerprint density at radius 3 is 2.77 bits per heavy atom. The Morgan fingerprint density at radius 2 is 2.00 bits per heavy atom. The molecule has 7 heteroatoms. The zero-order valence-corrected chi connectivity index (χ0v) is 12.4. The van der Waals surface area contributed by atoms with Gasteiger partial charge in [0.15, 0.2) is 17.6 Å².